The second-order valence-corrected chi connectivity index (χ2v) is 9.45. The SMILES string of the molecule is C/C(=C1/SC(=NC#N)NC1=O)c1cc(C(C)(C)C)c(O)c(C(C)(C)C)c1. The minimum absolute atomic E-state index is 0.246. The quantitative estimate of drug-likeness (QED) is 0.565. The van der Waals surface area contributed by atoms with E-state index in [-0.39, 0.29) is 21.9 Å². The maximum Gasteiger partial charge on any atom is 0.264 e. The van der Waals surface area contributed by atoms with Gasteiger partial charge in [0.15, 0.2) is 5.17 Å². The van der Waals surface area contributed by atoms with E-state index in [2.05, 4.69) is 51.9 Å². The summed E-state index contributed by atoms with van der Waals surface area (Å²) in [4.78, 5) is 16.4. The number of allylic oxidation sites excluding steroid dienone is 1. The highest BCUT2D eigenvalue weighted by Gasteiger charge is 2.30. The molecule has 26 heavy (non-hydrogen) atoms. The summed E-state index contributed by atoms with van der Waals surface area (Å²) in [5.41, 5.74) is 2.87. The molecule has 0 spiro atoms. The average Bonchev–Trinajstić information content (AvgIpc) is 2.85. The molecule has 0 radical (unpaired) electrons. The normalized spacial score (nSPS) is 18.7. The molecule has 1 heterocycles. The largest absolute Gasteiger partial charge is 0.507 e. The molecule has 6 heteroatoms. The first-order valence-electron chi connectivity index (χ1n) is 8.41. The predicted octanol–water partition coefficient (Wildman–Crippen LogP) is 4.42. The standard InChI is InChI=1S/C20H25N3O2S/c1-11(16-17(25)23-18(26-16)22-10-21)12-8-13(19(2,3)4)15(24)14(9-12)20(5,6)7/h8-9,24H,1-7H3,(H,22,23,25)/b16-11-. The van der Waals surface area contributed by atoms with Crippen LogP contribution in [0.4, 0.5) is 0 Å². The van der Waals surface area contributed by atoms with Gasteiger partial charge in [-0.05, 0) is 52.8 Å². The van der Waals surface area contributed by atoms with Crippen molar-refractivity contribution in [3.63, 3.8) is 0 Å². The molecule has 2 rings (SSSR count). The smallest absolute Gasteiger partial charge is 0.264 e. The number of rotatable bonds is 1. The Hall–Kier alpha value is -2.26. The van der Waals surface area contributed by atoms with Crippen molar-refractivity contribution in [3.8, 4) is 11.9 Å². The lowest BCUT2D eigenvalue weighted by atomic mass is 9.78. The number of hydrogen-bond acceptors (Lipinski definition) is 5. The number of phenolic OH excluding ortho intramolecular Hbond substituents is 1. The molecule has 0 saturated carbocycles. The van der Waals surface area contributed by atoms with E-state index in [0.717, 1.165) is 34.0 Å². The molecule has 1 fully saturated rings. The molecule has 1 aliphatic rings. The lowest BCUT2D eigenvalue weighted by Crippen LogP contribution is -2.20. The van der Waals surface area contributed by atoms with Crippen LogP contribution in [-0.2, 0) is 15.6 Å². The van der Waals surface area contributed by atoms with E-state index in [1.165, 1.54) is 0 Å². The van der Waals surface area contributed by atoms with Crippen molar-refractivity contribution < 1.29 is 9.90 Å². The highest BCUT2D eigenvalue weighted by Crippen LogP contribution is 2.42. The number of nitrogens with zero attached hydrogens (tertiary/aromatic N) is 2. The molecule has 5 nitrogen and oxygen atoms in total. The lowest BCUT2D eigenvalue weighted by molar-refractivity contribution is -0.115. The van der Waals surface area contributed by atoms with Crippen molar-refractivity contribution >= 4 is 28.4 Å². The summed E-state index contributed by atoms with van der Waals surface area (Å²) in [5.74, 6) is 0.0472. The van der Waals surface area contributed by atoms with Crippen molar-refractivity contribution in [3.05, 3.63) is 33.7 Å². The van der Waals surface area contributed by atoms with Crippen molar-refractivity contribution in [1.82, 2.24) is 5.32 Å². The third kappa shape index (κ3) is 3.94. The van der Waals surface area contributed by atoms with Crippen LogP contribution in [0.1, 0.15) is 65.2 Å². The fourth-order valence-electron chi connectivity index (χ4n) is 2.79. The van der Waals surface area contributed by atoms with Crippen LogP contribution >= 0.6 is 11.8 Å². The van der Waals surface area contributed by atoms with Gasteiger partial charge in [-0.25, -0.2) is 0 Å². The van der Waals surface area contributed by atoms with Crippen LogP contribution in [0.2, 0.25) is 0 Å². The number of nitrogens with one attached hydrogen (secondary N) is 1. The minimum Gasteiger partial charge on any atom is -0.507 e. The van der Waals surface area contributed by atoms with Gasteiger partial charge in [0.25, 0.3) is 5.91 Å². The summed E-state index contributed by atoms with van der Waals surface area (Å²) < 4.78 is 0. The van der Waals surface area contributed by atoms with Crippen LogP contribution in [0.25, 0.3) is 5.57 Å². The zero-order valence-corrected chi connectivity index (χ0v) is 17.1. The molecular weight excluding hydrogens is 346 g/mol. The fraction of sp³-hybridized carbons (Fsp3) is 0.450. The van der Waals surface area contributed by atoms with E-state index >= 15 is 0 Å². The molecule has 0 bridgehead atoms. The number of aliphatic imine (C=N–C) groups is 1. The first-order chi connectivity index (χ1) is 11.9. The number of hydrogen-bond donors (Lipinski definition) is 2. The summed E-state index contributed by atoms with van der Waals surface area (Å²) >= 11 is 1.16. The Bertz CT molecular complexity index is 828. The highest BCUT2D eigenvalue weighted by atomic mass is 32.2. The van der Waals surface area contributed by atoms with E-state index in [9.17, 15) is 9.90 Å². The number of carbonyl (C=O) groups is 1. The lowest BCUT2D eigenvalue weighted by Gasteiger charge is -2.28. The molecule has 0 unspecified atom stereocenters. The Morgan fingerprint density at radius 1 is 1.15 bits per heavy atom. The molecule has 2 N–H and O–H groups in total. The number of amides is 1. The van der Waals surface area contributed by atoms with Gasteiger partial charge in [0.05, 0.1) is 4.91 Å². The van der Waals surface area contributed by atoms with Gasteiger partial charge in [0.2, 0.25) is 6.19 Å². The molecule has 1 aromatic carbocycles. The van der Waals surface area contributed by atoms with Crippen LogP contribution < -0.4 is 5.32 Å². The number of nitriles is 1. The van der Waals surface area contributed by atoms with Crippen LogP contribution in [0.15, 0.2) is 22.0 Å². The predicted molar refractivity (Wildman–Crippen MR) is 107 cm³/mol. The Kier molecular flexibility index (Phi) is 5.25. The third-order valence-electron chi connectivity index (χ3n) is 4.28. The van der Waals surface area contributed by atoms with Gasteiger partial charge in [-0.3, -0.25) is 10.1 Å². The van der Waals surface area contributed by atoms with Crippen LogP contribution in [-0.4, -0.2) is 16.2 Å². The highest BCUT2D eigenvalue weighted by molar-refractivity contribution is 8.18. The summed E-state index contributed by atoms with van der Waals surface area (Å²) in [5, 5.41) is 22.4. The minimum atomic E-state index is -0.260. The Balaban J connectivity index is 2.71. The number of aromatic hydroxyl groups is 1. The average molecular weight is 372 g/mol. The first-order valence-corrected chi connectivity index (χ1v) is 9.23. The Labute approximate surface area is 159 Å². The molecule has 1 amide bonds. The number of phenols is 1. The summed E-state index contributed by atoms with van der Waals surface area (Å²) in [7, 11) is 0. The van der Waals surface area contributed by atoms with E-state index in [1.807, 2.05) is 19.1 Å². The maximum absolute atomic E-state index is 12.3. The summed E-state index contributed by atoms with van der Waals surface area (Å²) in [6.45, 7) is 14.2. The Morgan fingerprint density at radius 2 is 1.65 bits per heavy atom. The van der Waals surface area contributed by atoms with E-state index in [4.69, 9.17) is 5.26 Å². The van der Waals surface area contributed by atoms with Gasteiger partial charge in [-0.15, -0.1) is 4.99 Å². The first kappa shape index (κ1) is 20.1. The van der Waals surface area contributed by atoms with Gasteiger partial charge >= 0.3 is 0 Å². The topological polar surface area (TPSA) is 85.5 Å². The van der Waals surface area contributed by atoms with Crippen LogP contribution in [0.5, 0.6) is 5.75 Å². The van der Waals surface area contributed by atoms with Crippen LogP contribution in [0, 0.1) is 11.5 Å². The van der Waals surface area contributed by atoms with Gasteiger partial charge < -0.3 is 5.11 Å². The zero-order chi connectivity index (χ0) is 19.9. The second-order valence-electron chi connectivity index (χ2n) is 8.45. The number of thioether (sulfide) groups is 1. The number of amidine groups is 1. The summed E-state index contributed by atoms with van der Waals surface area (Å²) in [6, 6.07) is 3.89. The molecule has 0 atom stereocenters. The van der Waals surface area contributed by atoms with Gasteiger partial charge in [0, 0.05) is 11.1 Å². The molecular formula is C20H25N3O2S. The van der Waals surface area contributed by atoms with E-state index in [1.54, 1.807) is 6.19 Å². The van der Waals surface area contributed by atoms with E-state index < -0.39 is 0 Å². The molecule has 0 aromatic heterocycles. The van der Waals surface area contributed by atoms with Crippen molar-refractivity contribution in [2.75, 3.05) is 0 Å². The van der Waals surface area contributed by atoms with Crippen LogP contribution in [0.3, 0.4) is 0 Å². The van der Waals surface area contributed by atoms with Crippen molar-refractivity contribution in [2.24, 2.45) is 4.99 Å². The number of benzene rings is 1. The third-order valence-corrected chi connectivity index (χ3v) is 5.36. The Morgan fingerprint density at radius 3 is 2.08 bits per heavy atom. The molecule has 1 aromatic rings. The second kappa shape index (κ2) is 6.81. The maximum atomic E-state index is 12.3. The number of carbonyl (C=O) groups excluding carboxylic acids is 1. The van der Waals surface area contributed by atoms with Crippen molar-refractivity contribution in [1.29, 1.82) is 5.26 Å². The van der Waals surface area contributed by atoms with E-state index in [0.29, 0.717) is 10.7 Å². The zero-order valence-electron chi connectivity index (χ0n) is 16.3. The fourth-order valence-corrected chi connectivity index (χ4v) is 3.63. The van der Waals surface area contributed by atoms with Crippen molar-refractivity contribution in [2.45, 2.75) is 59.3 Å². The molecule has 1 saturated heterocycles. The molecule has 0 aliphatic carbocycles. The molecule has 1 aliphatic heterocycles. The molecule has 138 valence electrons. The van der Waals surface area contributed by atoms with Gasteiger partial charge in [-0.1, -0.05) is 41.5 Å². The monoisotopic (exact) mass is 371 g/mol. The summed E-state index contributed by atoms with van der Waals surface area (Å²) in [6.07, 6.45) is 1.69. The van der Waals surface area contributed by atoms with Gasteiger partial charge in [0.1, 0.15) is 5.75 Å². The van der Waals surface area contributed by atoms with Gasteiger partial charge in [-0.2, -0.15) is 5.26 Å².